The summed E-state index contributed by atoms with van der Waals surface area (Å²) in [6.45, 7) is 1.10. The van der Waals surface area contributed by atoms with E-state index in [2.05, 4.69) is 5.32 Å². The summed E-state index contributed by atoms with van der Waals surface area (Å²) in [5, 5.41) is 3.03. The number of carbonyl (C=O) groups is 3. The molecule has 168 valence electrons. The molecule has 0 radical (unpaired) electrons. The molecule has 1 aliphatic rings. The summed E-state index contributed by atoms with van der Waals surface area (Å²) in [5.74, 6) is -0.119. The van der Waals surface area contributed by atoms with Crippen LogP contribution in [0.3, 0.4) is 0 Å². The van der Waals surface area contributed by atoms with E-state index in [0.29, 0.717) is 31.5 Å². The molecule has 1 unspecified atom stereocenters. The normalized spacial score (nSPS) is 15.0. The van der Waals surface area contributed by atoms with Crippen LogP contribution in [0.25, 0.3) is 0 Å². The molecule has 1 N–H and O–H groups in total. The van der Waals surface area contributed by atoms with Gasteiger partial charge in [-0.05, 0) is 30.5 Å². The van der Waals surface area contributed by atoms with E-state index in [1.54, 1.807) is 12.1 Å². The Morgan fingerprint density at radius 3 is 1.85 bits per heavy atom. The van der Waals surface area contributed by atoms with Gasteiger partial charge in [0.15, 0.2) is 5.78 Å². The number of hydrogen-bond acceptors (Lipinski definition) is 3. The summed E-state index contributed by atoms with van der Waals surface area (Å²) in [6.07, 6.45) is 1.50. The largest absolute Gasteiger partial charge is 0.345 e. The van der Waals surface area contributed by atoms with Crippen molar-refractivity contribution in [2.45, 2.75) is 25.3 Å². The zero-order chi connectivity index (χ0) is 23.0. The van der Waals surface area contributed by atoms with Gasteiger partial charge in [-0.1, -0.05) is 78.9 Å². The Bertz CT molecular complexity index is 1080. The summed E-state index contributed by atoms with van der Waals surface area (Å²) in [7, 11) is 0. The van der Waals surface area contributed by atoms with Crippen molar-refractivity contribution in [2.75, 3.05) is 13.1 Å². The van der Waals surface area contributed by atoms with Crippen LogP contribution in [0.2, 0.25) is 0 Å². The number of hydrogen-bond donors (Lipinski definition) is 1. The molecule has 0 bridgehead atoms. The van der Waals surface area contributed by atoms with Gasteiger partial charge in [0.2, 0.25) is 5.91 Å². The van der Waals surface area contributed by atoms with E-state index in [-0.39, 0.29) is 29.9 Å². The van der Waals surface area contributed by atoms with E-state index in [1.165, 1.54) is 0 Å². The van der Waals surface area contributed by atoms with Gasteiger partial charge >= 0.3 is 0 Å². The highest BCUT2D eigenvalue weighted by atomic mass is 16.2. The lowest BCUT2D eigenvalue weighted by Crippen LogP contribution is -2.42. The second kappa shape index (κ2) is 10.7. The Morgan fingerprint density at radius 2 is 1.27 bits per heavy atom. The van der Waals surface area contributed by atoms with Crippen molar-refractivity contribution in [3.8, 4) is 0 Å². The number of Topliss-reactive ketones (excluding diaryl/α,β-unsaturated/α-hetero) is 1. The first-order valence-corrected chi connectivity index (χ1v) is 11.4. The number of rotatable bonds is 7. The van der Waals surface area contributed by atoms with Crippen LogP contribution >= 0.6 is 0 Å². The monoisotopic (exact) mass is 440 g/mol. The Balaban J connectivity index is 1.39. The first-order valence-electron chi connectivity index (χ1n) is 11.4. The maximum atomic E-state index is 13.1. The molecule has 0 aromatic heterocycles. The molecule has 0 aliphatic carbocycles. The number of ketones is 1. The molecule has 1 fully saturated rings. The smallest absolute Gasteiger partial charge is 0.251 e. The molecule has 5 nitrogen and oxygen atoms in total. The molecule has 0 spiro atoms. The van der Waals surface area contributed by atoms with Crippen molar-refractivity contribution in [1.82, 2.24) is 10.2 Å². The molecule has 1 atom stereocenters. The Morgan fingerprint density at radius 1 is 0.758 bits per heavy atom. The van der Waals surface area contributed by atoms with Crippen LogP contribution in [0.5, 0.6) is 0 Å². The molecule has 4 rings (SSSR count). The maximum absolute atomic E-state index is 13.1. The van der Waals surface area contributed by atoms with Crippen LogP contribution in [0.4, 0.5) is 0 Å². The predicted octanol–water partition coefficient (Wildman–Crippen LogP) is 4.67. The van der Waals surface area contributed by atoms with Crippen LogP contribution in [0.15, 0.2) is 91.0 Å². The van der Waals surface area contributed by atoms with Crippen LogP contribution in [-0.2, 0) is 4.79 Å². The summed E-state index contributed by atoms with van der Waals surface area (Å²) >= 11 is 0. The molecular formula is C28H28N2O3. The van der Waals surface area contributed by atoms with Crippen LogP contribution in [0.1, 0.15) is 51.6 Å². The standard InChI is InChI=1S/C28H28N2O3/c31-26(30-18-16-23(17-19-30)27(32)22-12-6-2-7-13-22)20-25(21-10-4-1-5-11-21)29-28(33)24-14-8-3-9-15-24/h1-15,23,25H,16-20H2,(H,29,33). The van der Waals surface area contributed by atoms with Gasteiger partial charge in [-0.25, -0.2) is 0 Å². The molecule has 0 saturated carbocycles. The lowest BCUT2D eigenvalue weighted by molar-refractivity contribution is -0.133. The zero-order valence-electron chi connectivity index (χ0n) is 18.5. The molecule has 33 heavy (non-hydrogen) atoms. The minimum Gasteiger partial charge on any atom is -0.345 e. The van der Waals surface area contributed by atoms with Crippen LogP contribution in [-0.4, -0.2) is 35.6 Å². The van der Waals surface area contributed by atoms with E-state index in [0.717, 1.165) is 11.1 Å². The molecular weight excluding hydrogens is 412 g/mol. The van der Waals surface area contributed by atoms with Gasteiger partial charge in [-0.3, -0.25) is 14.4 Å². The topological polar surface area (TPSA) is 66.5 Å². The van der Waals surface area contributed by atoms with Crippen molar-refractivity contribution in [1.29, 1.82) is 0 Å². The summed E-state index contributed by atoms with van der Waals surface area (Å²) in [6, 6.07) is 27.5. The number of amides is 2. The van der Waals surface area contributed by atoms with Crippen LogP contribution < -0.4 is 5.32 Å². The third-order valence-corrected chi connectivity index (χ3v) is 6.20. The lowest BCUT2D eigenvalue weighted by Gasteiger charge is -2.32. The third-order valence-electron chi connectivity index (χ3n) is 6.20. The quantitative estimate of drug-likeness (QED) is 0.543. The highest BCUT2D eigenvalue weighted by Gasteiger charge is 2.29. The third kappa shape index (κ3) is 5.75. The first kappa shape index (κ1) is 22.5. The number of nitrogens with one attached hydrogen (secondary N) is 1. The molecule has 3 aromatic rings. The van der Waals surface area contributed by atoms with E-state index in [9.17, 15) is 14.4 Å². The van der Waals surface area contributed by atoms with Crippen molar-refractivity contribution in [3.63, 3.8) is 0 Å². The number of carbonyl (C=O) groups excluding carboxylic acids is 3. The second-order valence-corrected chi connectivity index (χ2v) is 8.39. The summed E-state index contributed by atoms with van der Waals surface area (Å²) in [4.78, 5) is 40.5. The van der Waals surface area contributed by atoms with Crippen molar-refractivity contribution < 1.29 is 14.4 Å². The van der Waals surface area contributed by atoms with E-state index >= 15 is 0 Å². The molecule has 3 aromatic carbocycles. The summed E-state index contributed by atoms with van der Waals surface area (Å²) in [5.41, 5.74) is 2.19. The minimum absolute atomic E-state index is 0.0113. The lowest BCUT2D eigenvalue weighted by atomic mass is 9.88. The summed E-state index contributed by atoms with van der Waals surface area (Å²) < 4.78 is 0. The molecule has 2 amide bonds. The SMILES string of the molecule is O=C(NC(CC(=O)N1CCC(C(=O)c2ccccc2)CC1)c1ccccc1)c1ccccc1. The Hall–Kier alpha value is -3.73. The highest BCUT2D eigenvalue weighted by Crippen LogP contribution is 2.24. The van der Waals surface area contributed by atoms with Gasteiger partial charge in [0.25, 0.3) is 5.91 Å². The van der Waals surface area contributed by atoms with Gasteiger partial charge in [0, 0.05) is 30.1 Å². The van der Waals surface area contributed by atoms with Gasteiger partial charge in [0.05, 0.1) is 12.5 Å². The second-order valence-electron chi connectivity index (χ2n) is 8.39. The number of likely N-dealkylation sites (tertiary alicyclic amines) is 1. The van der Waals surface area contributed by atoms with Gasteiger partial charge < -0.3 is 10.2 Å². The highest BCUT2D eigenvalue weighted by molar-refractivity contribution is 5.98. The molecule has 1 aliphatic heterocycles. The average Bonchev–Trinajstić information content (AvgIpc) is 2.89. The Labute approximate surface area is 194 Å². The van der Waals surface area contributed by atoms with Crippen molar-refractivity contribution in [3.05, 3.63) is 108 Å². The predicted molar refractivity (Wildman–Crippen MR) is 128 cm³/mol. The van der Waals surface area contributed by atoms with Gasteiger partial charge in [0.1, 0.15) is 0 Å². The molecule has 5 heteroatoms. The number of nitrogens with zero attached hydrogens (tertiary/aromatic N) is 1. The number of piperidine rings is 1. The number of benzene rings is 3. The van der Waals surface area contributed by atoms with Gasteiger partial charge in [-0.2, -0.15) is 0 Å². The minimum atomic E-state index is -0.421. The molecule has 1 heterocycles. The van der Waals surface area contributed by atoms with Gasteiger partial charge in [-0.15, -0.1) is 0 Å². The van der Waals surface area contributed by atoms with E-state index in [1.807, 2.05) is 83.8 Å². The van der Waals surface area contributed by atoms with E-state index < -0.39 is 6.04 Å². The maximum Gasteiger partial charge on any atom is 0.251 e. The average molecular weight is 441 g/mol. The van der Waals surface area contributed by atoms with Crippen molar-refractivity contribution >= 4 is 17.6 Å². The van der Waals surface area contributed by atoms with Crippen LogP contribution in [0, 0.1) is 5.92 Å². The fraction of sp³-hybridized carbons (Fsp3) is 0.250. The fourth-order valence-corrected chi connectivity index (χ4v) is 4.30. The molecule has 1 saturated heterocycles. The Kier molecular flexibility index (Phi) is 7.30. The van der Waals surface area contributed by atoms with Crippen molar-refractivity contribution in [2.24, 2.45) is 5.92 Å². The fourth-order valence-electron chi connectivity index (χ4n) is 4.30. The first-order chi connectivity index (χ1) is 16.1. The zero-order valence-corrected chi connectivity index (χ0v) is 18.5. The van der Waals surface area contributed by atoms with E-state index in [4.69, 9.17) is 0 Å².